The highest BCUT2D eigenvalue weighted by Crippen LogP contribution is 2.10. The van der Waals surface area contributed by atoms with Crippen LogP contribution in [-0.4, -0.2) is 29.0 Å². The molecule has 1 atom stereocenters. The Hall–Kier alpha value is -0.870. The van der Waals surface area contributed by atoms with Gasteiger partial charge in [0.2, 0.25) is 0 Å². The molecule has 0 amide bonds. The number of aryl methyl sites for hydroxylation is 2. The average molecular weight is 237 g/mol. The molecular weight excluding hydrogens is 214 g/mol. The summed E-state index contributed by atoms with van der Waals surface area (Å²) < 4.78 is 7.61. The normalized spacial score (nSPS) is 20.7. The summed E-state index contributed by atoms with van der Waals surface area (Å²) in [5.41, 5.74) is 2.21. The molecule has 1 fully saturated rings. The molecule has 2 rings (SSSR count). The van der Waals surface area contributed by atoms with Gasteiger partial charge in [-0.05, 0) is 38.8 Å². The predicted molar refractivity (Wildman–Crippen MR) is 67.9 cm³/mol. The van der Waals surface area contributed by atoms with Crippen LogP contribution in [0.1, 0.15) is 37.1 Å². The van der Waals surface area contributed by atoms with E-state index in [0.717, 1.165) is 24.4 Å². The van der Waals surface area contributed by atoms with Crippen LogP contribution in [0.2, 0.25) is 0 Å². The SMILES string of the molecule is Cc1cc(COCCC2CCCCN2)n(C)n1. The number of aromatic nitrogens is 2. The van der Waals surface area contributed by atoms with Crippen molar-refractivity contribution in [1.29, 1.82) is 0 Å². The minimum atomic E-state index is 0.664. The number of piperidine rings is 1. The molecule has 96 valence electrons. The molecule has 2 heterocycles. The summed E-state index contributed by atoms with van der Waals surface area (Å²) in [6, 6.07) is 2.75. The highest BCUT2D eigenvalue weighted by Gasteiger charge is 2.11. The van der Waals surface area contributed by atoms with E-state index in [1.165, 1.54) is 25.8 Å². The fourth-order valence-corrected chi connectivity index (χ4v) is 2.37. The minimum Gasteiger partial charge on any atom is -0.375 e. The fourth-order valence-electron chi connectivity index (χ4n) is 2.37. The Morgan fingerprint density at radius 3 is 3.06 bits per heavy atom. The molecule has 0 saturated carbocycles. The Kier molecular flexibility index (Phi) is 4.57. The lowest BCUT2D eigenvalue weighted by atomic mass is 10.0. The molecule has 17 heavy (non-hydrogen) atoms. The van der Waals surface area contributed by atoms with Crippen molar-refractivity contribution in [3.63, 3.8) is 0 Å². The second kappa shape index (κ2) is 6.17. The van der Waals surface area contributed by atoms with Crippen LogP contribution in [0.15, 0.2) is 6.07 Å². The molecule has 0 aromatic carbocycles. The molecule has 0 radical (unpaired) electrons. The number of hydrogen-bond donors (Lipinski definition) is 1. The topological polar surface area (TPSA) is 39.1 Å². The summed E-state index contributed by atoms with van der Waals surface area (Å²) in [5, 5.41) is 7.84. The average Bonchev–Trinajstić information content (AvgIpc) is 2.65. The van der Waals surface area contributed by atoms with Crippen molar-refractivity contribution in [1.82, 2.24) is 15.1 Å². The highest BCUT2D eigenvalue weighted by molar-refractivity contribution is 5.07. The van der Waals surface area contributed by atoms with Crippen LogP contribution < -0.4 is 5.32 Å². The van der Waals surface area contributed by atoms with E-state index in [1.54, 1.807) is 0 Å². The molecule has 1 aliphatic rings. The van der Waals surface area contributed by atoms with Crippen molar-refractivity contribution in [3.8, 4) is 0 Å². The number of hydrogen-bond acceptors (Lipinski definition) is 3. The van der Waals surface area contributed by atoms with E-state index in [4.69, 9.17) is 4.74 Å². The maximum absolute atomic E-state index is 5.72. The maximum atomic E-state index is 5.72. The Balaban J connectivity index is 1.64. The van der Waals surface area contributed by atoms with Crippen LogP contribution in [0, 0.1) is 6.92 Å². The van der Waals surface area contributed by atoms with E-state index in [-0.39, 0.29) is 0 Å². The highest BCUT2D eigenvalue weighted by atomic mass is 16.5. The van der Waals surface area contributed by atoms with Crippen LogP contribution in [0.3, 0.4) is 0 Å². The summed E-state index contributed by atoms with van der Waals surface area (Å²) >= 11 is 0. The van der Waals surface area contributed by atoms with Crippen molar-refractivity contribution in [2.45, 2.75) is 45.3 Å². The van der Waals surface area contributed by atoms with Gasteiger partial charge in [0.05, 0.1) is 18.0 Å². The first-order valence-corrected chi connectivity index (χ1v) is 6.56. The molecule has 0 aliphatic carbocycles. The van der Waals surface area contributed by atoms with Gasteiger partial charge in [0.15, 0.2) is 0 Å². The third kappa shape index (κ3) is 3.82. The lowest BCUT2D eigenvalue weighted by Crippen LogP contribution is -2.34. The minimum absolute atomic E-state index is 0.664. The lowest BCUT2D eigenvalue weighted by molar-refractivity contribution is 0.104. The van der Waals surface area contributed by atoms with Crippen LogP contribution in [0.25, 0.3) is 0 Å². The smallest absolute Gasteiger partial charge is 0.0884 e. The maximum Gasteiger partial charge on any atom is 0.0884 e. The van der Waals surface area contributed by atoms with Crippen molar-refractivity contribution in [2.24, 2.45) is 7.05 Å². The largest absolute Gasteiger partial charge is 0.375 e. The van der Waals surface area contributed by atoms with Gasteiger partial charge in [-0.25, -0.2) is 0 Å². The number of ether oxygens (including phenoxy) is 1. The van der Waals surface area contributed by atoms with E-state index in [1.807, 2.05) is 18.7 Å². The van der Waals surface area contributed by atoms with E-state index >= 15 is 0 Å². The van der Waals surface area contributed by atoms with Crippen molar-refractivity contribution in [3.05, 3.63) is 17.5 Å². The van der Waals surface area contributed by atoms with Crippen LogP contribution in [-0.2, 0) is 18.4 Å². The molecular formula is C13H23N3O. The predicted octanol–water partition coefficient (Wildman–Crippen LogP) is 1.78. The van der Waals surface area contributed by atoms with E-state index in [9.17, 15) is 0 Å². The van der Waals surface area contributed by atoms with Gasteiger partial charge in [-0.2, -0.15) is 5.10 Å². The second-order valence-electron chi connectivity index (χ2n) is 4.89. The van der Waals surface area contributed by atoms with Crippen molar-refractivity contribution >= 4 is 0 Å². The van der Waals surface area contributed by atoms with Crippen molar-refractivity contribution in [2.75, 3.05) is 13.2 Å². The van der Waals surface area contributed by atoms with Crippen LogP contribution >= 0.6 is 0 Å². The standard InChI is InChI=1S/C13H23N3O/c1-11-9-13(16(2)15-11)10-17-8-6-12-5-3-4-7-14-12/h9,12,14H,3-8,10H2,1-2H3. The van der Waals surface area contributed by atoms with Gasteiger partial charge in [0.25, 0.3) is 0 Å². The summed E-state index contributed by atoms with van der Waals surface area (Å²) in [6.45, 7) is 4.69. The number of nitrogens with one attached hydrogen (secondary N) is 1. The molecule has 0 spiro atoms. The number of rotatable bonds is 5. The first-order valence-electron chi connectivity index (χ1n) is 6.56. The first kappa shape index (κ1) is 12.6. The molecule has 4 nitrogen and oxygen atoms in total. The molecule has 1 saturated heterocycles. The molecule has 1 aromatic rings. The zero-order valence-corrected chi connectivity index (χ0v) is 10.9. The Labute approximate surface area is 103 Å². The quantitative estimate of drug-likeness (QED) is 0.793. The summed E-state index contributed by atoms with van der Waals surface area (Å²) in [6.07, 6.45) is 5.11. The number of nitrogens with zero attached hydrogens (tertiary/aromatic N) is 2. The van der Waals surface area contributed by atoms with E-state index in [2.05, 4.69) is 16.5 Å². The summed E-state index contributed by atoms with van der Waals surface area (Å²) in [7, 11) is 1.97. The molecule has 1 aliphatic heterocycles. The first-order chi connectivity index (χ1) is 8.25. The summed E-state index contributed by atoms with van der Waals surface area (Å²) in [4.78, 5) is 0. The van der Waals surface area contributed by atoms with Gasteiger partial charge in [0.1, 0.15) is 0 Å². The van der Waals surface area contributed by atoms with Gasteiger partial charge in [-0.1, -0.05) is 6.42 Å². The van der Waals surface area contributed by atoms with Gasteiger partial charge in [-0.3, -0.25) is 4.68 Å². The molecule has 0 bridgehead atoms. The third-order valence-corrected chi connectivity index (χ3v) is 3.37. The van der Waals surface area contributed by atoms with E-state index in [0.29, 0.717) is 12.6 Å². The molecule has 1 aromatic heterocycles. The second-order valence-corrected chi connectivity index (χ2v) is 4.89. The zero-order chi connectivity index (χ0) is 12.1. The van der Waals surface area contributed by atoms with Gasteiger partial charge < -0.3 is 10.1 Å². The Bertz CT molecular complexity index is 342. The zero-order valence-electron chi connectivity index (χ0n) is 10.9. The Morgan fingerprint density at radius 2 is 2.41 bits per heavy atom. The molecule has 1 unspecified atom stereocenters. The monoisotopic (exact) mass is 237 g/mol. The van der Waals surface area contributed by atoms with Gasteiger partial charge in [-0.15, -0.1) is 0 Å². The van der Waals surface area contributed by atoms with Gasteiger partial charge >= 0.3 is 0 Å². The van der Waals surface area contributed by atoms with Crippen LogP contribution in [0.4, 0.5) is 0 Å². The lowest BCUT2D eigenvalue weighted by Gasteiger charge is -2.23. The fraction of sp³-hybridized carbons (Fsp3) is 0.769. The third-order valence-electron chi connectivity index (χ3n) is 3.37. The van der Waals surface area contributed by atoms with Gasteiger partial charge in [0, 0.05) is 19.7 Å². The summed E-state index contributed by atoms with van der Waals surface area (Å²) in [5.74, 6) is 0. The molecule has 1 N–H and O–H groups in total. The Morgan fingerprint density at radius 1 is 1.53 bits per heavy atom. The van der Waals surface area contributed by atoms with E-state index < -0.39 is 0 Å². The van der Waals surface area contributed by atoms with Crippen LogP contribution in [0.5, 0.6) is 0 Å². The van der Waals surface area contributed by atoms with Crippen molar-refractivity contribution < 1.29 is 4.74 Å². The molecule has 4 heteroatoms.